The van der Waals surface area contributed by atoms with Gasteiger partial charge >= 0.3 is 0 Å². The lowest BCUT2D eigenvalue weighted by atomic mass is 10.0. The number of pyridine rings is 1. The second kappa shape index (κ2) is 6.73. The van der Waals surface area contributed by atoms with Gasteiger partial charge in [0.2, 0.25) is 0 Å². The van der Waals surface area contributed by atoms with Gasteiger partial charge in [0.1, 0.15) is 0 Å². The first-order valence-corrected chi connectivity index (χ1v) is 7.45. The van der Waals surface area contributed by atoms with Crippen LogP contribution < -0.4 is 5.32 Å². The summed E-state index contributed by atoms with van der Waals surface area (Å²) in [4.78, 5) is 7.04. The molecule has 4 heteroatoms. The summed E-state index contributed by atoms with van der Waals surface area (Å²) in [7, 11) is 0. The Morgan fingerprint density at radius 2 is 2.14 bits per heavy atom. The fraction of sp³-hybridized carbons (Fsp3) is 0.471. The minimum atomic E-state index is 0. The lowest BCUT2D eigenvalue weighted by Gasteiger charge is -2.37. The summed E-state index contributed by atoms with van der Waals surface area (Å²) in [5, 5.41) is 4.79. The summed E-state index contributed by atoms with van der Waals surface area (Å²) in [6.07, 6.45) is 1.87. The number of hydrogen-bond acceptors (Lipinski definition) is 3. The highest BCUT2D eigenvalue weighted by Crippen LogP contribution is 2.20. The number of nitrogens with one attached hydrogen (secondary N) is 1. The van der Waals surface area contributed by atoms with Crippen LogP contribution in [0.15, 0.2) is 30.5 Å². The summed E-state index contributed by atoms with van der Waals surface area (Å²) in [6, 6.07) is 9.92. The molecule has 114 valence electrons. The molecule has 3 rings (SSSR count). The van der Waals surface area contributed by atoms with E-state index in [2.05, 4.69) is 54.2 Å². The smallest absolute Gasteiger partial charge is 0.0731 e. The fourth-order valence-corrected chi connectivity index (χ4v) is 3.09. The topological polar surface area (TPSA) is 28.2 Å². The molecule has 0 spiro atoms. The molecule has 1 N–H and O–H groups in total. The van der Waals surface area contributed by atoms with Gasteiger partial charge in [-0.3, -0.25) is 9.88 Å². The number of nitrogens with zero attached hydrogens (tertiary/aromatic N) is 2. The molecule has 0 aliphatic carbocycles. The molecule has 0 amide bonds. The Balaban J connectivity index is 0.00000161. The molecule has 0 saturated carbocycles. The zero-order valence-corrected chi connectivity index (χ0v) is 13.8. The molecule has 1 fully saturated rings. The molecular formula is C17H24ClN3. The molecule has 2 heterocycles. The summed E-state index contributed by atoms with van der Waals surface area (Å²) in [6.45, 7) is 9.94. The minimum Gasteiger partial charge on any atom is -0.311 e. The first-order valence-electron chi connectivity index (χ1n) is 7.45. The van der Waals surface area contributed by atoms with Gasteiger partial charge in [0.05, 0.1) is 5.52 Å². The van der Waals surface area contributed by atoms with Crippen molar-refractivity contribution in [3.8, 4) is 0 Å². The van der Waals surface area contributed by atoms with E-state index in [9.17, 15) is 0 Å². The Bertz CT molecular complexity index is 614. The third kappa shape index (κ3) is 3.54. The van der Waals surface area contributed by atoms with Gasteiger partial charge in [-0.05, 0) is 44.0 Å². The van der Waals surface area contributed by atoms with Gasteiger partial charge in [-0.15, -0.1) is 12.4 Å². The number of rotatable bonds is 2. The molecule has 1 aliphatic rings. The van der Waals surface area contributed by atoms with Crippen molar-refractivity contribution in [1.29, 1.82) is 0 Å². The molecule has 2 atom stereocenters. The summed E-state index contributed by atoms with van der Waals surface area (Å²) in [5.41, 5.74) is 3.79. The van der Waals surface area contributed by atoms with Crippen LogP contribution in [0.4, 0.5) is 0 Å². The molecule has 2 aromatic rings. The standard InChI is InChI=1S/C17H23N3.ClH/c1-12-7-15(8-16-5-4-6-18-17(12)16)11-20-10-13(2)19-9-14(20)3;/h4-8,13-14,19H,9-11H2,1-3H3;1H. The van der Waals surface area contributed by atoms with E-state index < -0.39 is 0 Å². The van der Waals surface area contributed by atoms with E-state index in [-0.39, 0.29) is 12.4 Å². The van der Waals surface area contributed by atoms with Crippen LogP contribution in [-0.2, 0) is 6.54 Å². The highest BCUT2D eigenvalue weighted by atomic mass is 35.5. The van der Waals surface area contributed by atoms with Crippen molar-refractivity contribution < 1.29 is 0 Å². The summed E-state index contributed by atoms with van der Waals surface area (Å²) >= 11 is 0. The van der Waals surface area contributed by atoms with E-state index in [4.69, 9.17) is 0 Å². The zero-order chi connectivity index (χ0) is 14.1. The van der Waals surface area contributed by atoms with Crippen LogP contribution in [0.3, 0.4) is 0 Å². The van der Waals surface area contributed by atoms with E-state index >= 15 is 0 Å². The van der Waals surface area contributed by atoms with Crippen LogP contribution in [0.1, 0.15) is 25.0 Å². The quantitative estimate of drug-likeness (QED) is 0.924. The van der Waals surface area contributed by atoms with E-state index in [1.165, 1.54) is 16.5 Å². The lowest BCUT2D eigenvalue weighted by molar-refractivity contribution is 0.139. The van der Waals surface area contributed by atoms with Crippen molar-refractivity contribution in [3.05, 3.63) is 41.6 Å². The third-order valence-corrected chi connectivity index (χ3v) is 4.23. The zero-order valence-electron chi connectivity index (χ0n) is 13.0. The molecule has 1 aromatic carbocycles. The van der Waals surface area contributed by atoms with Crippen molar-refractivity contribution in [2.75, 3.05) is 13.1 Å². The molecule has 1 saturated heterocycles. The predicted octanol–water partition coefficient (Wildman–Crippen LogP) is 3.15. The Morgan fingerprint density at radius 1 is 1.33 bits per heavy atom. The maximum Gasteiger partial charge on any atom is 0.0731 e. The van der Waals surface area contributed by atoms with Crippen LogP contribution in [0.2, 0.25) is 0 Å². The average Bonchev–Trinajstić information content (AvgIpc) is 2.43. The molecule has 0 radical (unpaired) electrons. The Labute approximate surface area is 133 Å². The SMILES string of the molecule is Cc1cc(CN2CC(C)NCC2C)cc2cccnc12.Cl. The number of aromatic nitrogens is 1. The fourth-order valence-electron chi connectivity index (χ4n) is 3.09. The van der Waals surface area contributed by atoms with Gasteiger partial charge in [-0.2, -0.15) is 0 Å². The Kier molecular flexibility index (Phi) is 5.20. The normalized spacial score (nSPS) is 23.0. The van der Waals surface area contributed by atoms with Gasteiger partial charge in [0.15, 0.2) is 0 Å². The van der Waals surface area contributed by atoms with E-state index in [1.807, 2.05) is 12.3 Å². The lowest BCUT2D eigenvalue weighted by Crippen LogP contribution is -2.53. The molecule has 3 nitrogen and oxygen atoms in total. The van der Waals surface area contributed by atoms with Crippen molar-refractivity contribution in [2.24, 2.45) is 0 Å². The third-order valence-electron chi connectivity index (χ3n) is 4.23. The van der Waals surface area contributed by atoms with Gasteiger partial charge < -0.3 is 5.32 Å². The average molecular weight is 306 g/mol. The maximum absolute atomic E-state index is 4.47. The maximum atomic E-state index is 4.47. The molecule has 21 heavy (non-hydrogen) atoms. The van der Waals surface area contributed by atoms with Gasteiger partial charge in [0.25, 0.3) is 0 Å². The van der Waals surface area contributed by atoms with Gasteiger partial charge in [-0.1, -0.05) is 12.1 Å². The molecular weight excluding hydrogens is 282 g/mol. The van der Waals surface area contributed by atoms with Crippen LogP contribution in [0.25, 0.3) is 10.9 Å². The van der Waals surface area contributed by atoms with Crippen molar-refractivity contribution in [2.45, 2.75) is 39.4 Å². The van der Waals surface area contributed by atoms with Crippen molar-refractivity contribution >= 4 is 23.3 Å². The number of aryl methyl sites for hydroxylation is 1. The Hall–Kier alpha value is -1.16. The van der Waals surface area contributed by atoms with Gasteiger partial charge in [-0.25, -0.2) is 0 Å². The van der Waals surface area contributed by atoms with E-state index in [0.717, 1.165) is 25.2 Å². The number of benzene rings is 1. The van der Waals surface area contributed by atoms with Crippen molar-refractivity contribution in [1.82, 2.24) is 15.2 Å². The first kappa shape index (κ1) is 16.2. The highest BCUT2D eigenvalue weighted by molar-refractivity contribution is 5.85. The second-order valence-electron chi connectivity index (χ2n) is 6.08. The number of hydrogen-bond donors (Lipinski definition) is 1. The minimum absolute atomic E-state index is 0. The summed E-state index contributed by atoms with van der Waals surface area (Å²) in [5.74, 6) is 0. The summed E-state index contributed by atoms with van der Waals surface area (Å²) < 4.78 is 0. The number of fused-ring (bicyclic) bond motifs is 1. The van der Waals surface area contributed by atoms with Crippen LogP contribution >= 0.6 is 12.4 Å². The number of halogens is 1. The molecule has 2 unspecified atom stereocenters. The van der Waals surface area contributed by atoms with E-state index in [1.54, 1.807) is 0 Å². The van der Waals surface area contributed by atoms with Crippen LogP contribution in [-0.4, -0.2) is 35.1 Å². The monoisotopic (exact) mass is 305 g/mol. The highest BCUT2D eigenvalue weighted by Gasteiger charge is 2.22. The molecule has 0 bridgehead atoms. The van der Waals surface area contributed by atoms with Gasteiger partial charge in [0, 0.05) is 43.3 Å². The number of piperazine rings is 1. The van der Waals surface area contributed by atoms with Crippen molar-refractivity contribution in [3.63, 3.8) is 0 Å². The second-order valence-corrected chi connectivity index (χ2v) is 6.08. The molecule has 1 aromatic heterocycles. The Morgan fingerprint density at radius 3 is 2.95 bits per heavy atom. The van der Waals surface area contributed by atoms with Crippen LogP contribution in [0, 0.1) is 6.92 Å². The van der Waals surface area contributed by atoms with E-state index in [0.29, 0.717) is 12.1 Å². The largest absolute Gasteiger partial charge is 0.311 e. The van der Waals surface area contributed by atoms with Crippen LogP contribution in [0.5, 0.6) is 0 Å². The predicted molar refractivity (Wildman–Crippen MR) is 91.1 cm³/mol. The molecule has 1 aliphatic heterocycles. The first-order chi connectivity index (χ1) is 9.63.